The van der Waals surface area contributed by atoms with Gasteiger partial charge in [0.15, 0.2) is 0 Å². The van der Waals surface area contributed by atoms with Crippen LogP contribution in [0.25, 0.3) is 0 Å². The van der Waals surface area contributed by atoms with E-state index in [0.29, 0.717) is 18.1 Å². The Morgan fingerprint density at radius 1 is 1.47 bits per heavy atom. The monoisotopic (exact) mass is 270 g/mol. The highest BCUT2D eigenvalue weighted by molar-refractivity contribution is 4.96. The minimum absolute atomic E-state index is 0.133. The van der Waals surface area contributed by atoms with E-state index in [2.05, 4.69) is 18.7 Å². The van der Waals surface area contributed by atoms with Gasteiger partial charge >= 0.3 is 0 Å². The third-order valence-corrected chi connectivity index (χ3v) is 5.12. The number of aliphatic hydroxyl groups is 1. The normalized spacial score (nSPS) is 40.7. The summed E-state index contributed by atoms with van der Waals surface area (Å²) in [5.41, 5.74) is 6.00. The zero-order valence-electron chi connectivity index (χ0n) is 12.5. The number of rotatable bonds is 5. The third-order valence-electron chi connectivity index (χ3n) is 5.12. The Labute approximate surface area is 117 Å². The largest absolute Gasteiger partial charge is 0.394 e. The van der Waals surface area contributed by atoms with E-state index in [1.807, 2.05) is 0 Å². The second-order valence-electron chi connectivity index (χ2n) is 6.47. The van der Waals surface area contributed by atoms with E-state index in [1.165, 1.54) is 12.8 Å². The van der Waals surface area contributed by atoms with Gasteiger partial charge in [-0.1, -0.05) is 13.3 Å². The zero-order chi connectivity index (χ0) is 13.9. The van der Waals surface area contributed by atoms with Gasteiger partial charge in [0.2, 0.25) is 0 Å². The van der Waals surface area contributed by atoms with E-state index in [1.54, 1.807) is 0 Å². The summed E-state index contributed by atoms with van der Waals surface area (Å²) < 4.78 is 5.74. The van der Waals surface area contributed by atoms with Crippen LogP contribution >= 0.6 is 0 Å². The molecule has 1 heterocycles. The van der Waals surface area contributed by atoms with Crippen LogP contribution in [0.2, 0.25) is 0 Å². The number of hydrogen-bond donors (Lipinski definition) is 2. The summed E-state index contributed by atoms with van der Waals surface area (Å²) in [6, 6.07) is 0.555. The zero-order valence-corrected chi connectivity index (χ0v) is 12.5. The Hall–Kier alpha value is -0.160. The molecule has 1 saturated carbocycles. The van der Waals surface area contributed by atoms with E-state index in [0.717, 1.165) is 39.0 Å². The van der Waals surface area contributed by atoms with Gasteiger partial charge in [-0.3, -0.25) is 4.90 Å². The fourth-order valence-corrected chi connectivity index (χ4v) is 3.69. The van der Waals surface area contributed by atoms with Crippen LogP contribution in [0.4, 0.5) is 0 Å². The number of nitrogens with two attached hydrogens (primary N) is 1. The van der Waals surface area contributed by atoms with Crippen molar-refractivity contribution in [3.05, 3.63) is 0 Å². The summed E-state index contributed by atoms with van der Waals surface area (Å²) in [6.45, 7) is 7.49. The molecule has 0 radical (unpaired) electrons. The van der Waals surface area contributed by atoms with Crippen molar-refractivity contribution in [1.82, 2.24) is 4.90 Å². The van der Waals surface area contributed by atoms with Crippen molar-refractivity contribution in [2.45, 2.75) is 63.6 Å². The molecule has 0 aromatic heterocycles. The molecule has 0 aromatic rings. The smallest absolute Gasteiger partial charge is 0.0674 e. The molecule has 2 fully saturated rings. The van der Waals surface area contributed by atoms with Gasteiger partial charge in [0.1, 0.15) is 0 Å². The number of morpholine rings is 1. The maximum Gasteiger partial charge on any atom is 0.0674 e. The predicted molar refractivity (Wildman–Crippen MR) is 77.0 cm³/mol. The molecule has 4 nitrogen and oxygen atoms in total. The Morgan fingerprint density at radius 2 is 2.26 bits per heavy atom. The molecule has 4 heteroatoms. The second kappa shape index (κ2) is 6.53. The first-order valence-electron chi connectivity index (χ1n) is 7.84. The van der Waals surface area contributed by atoms with Crippen LogP contribution in [-0.2, 0) is 4.74 Å². The van der Waals surface area contributed by atoms with Gasteiger partial charge in [-0.15, -0.1) is 0 Å². The molecule has 1 aliphatic heterocycles. The summed E-state index contributed by atoms with van der Waals surface area (Å²) in [4.78, 5) is 2.56. The lowest BCUT2D eigenvalue weighted by atomic mass is 9.86. The lowest BCUT2D eigenvalue weighted by molar-refractivity contribution is -0.0580. The van der Waals surface area contributed by atoms with E-state index < -0.39 is 0 Å². The van der Waals surface area contributed by atoms with Crippen molar-refractivity contribution in [2.75, 3.05) is 26.3 Å². The summed E-state index contributed by atoms with van der Waals surface area (Å²) in [5, 5.41) is 9.51. The second-order valence-corrected chi connectivity index (χ2v) is 6.47. The van der Waals surface area contributed by atoms with E-state index >= 15 is 0 Å². The van der Waals surface area contributed by atoms with Crippen molar-refractivity contribution in [1.29, 1.82) is 0 Å². The average Bonchev–Trinajstić information content (AvgIpc) is 2.78. The van der Waals surface area contributed by atoms with Crippen LogP contribution < -0.4 is 5.73 Å². The molecule has 1 aliphatic carbocycles. The SMILES string of the molecule is CCC1COC(C)CN1CCC1CCCC1(N)CO. The van der Waals surface area contributed by atoms with Gasteiger partial charge < -0.3 is 15.6 Å². The highest BCUT2D eigenvalue weighted by atomic mass is 16.5. The quantitative estimate of drug-likeness (QED) is 0.792. The van der Waals surface area contributed by atoms with Crippen LogP contribution in [0, 0.1) is 5.92 Å². The fourth-order valence-electron chi connectivity index (χ4n) is 3.69. The molecule has 2 aliphatic rings. The molecule has 4 unspecified atom stereocenters. The molecule has 19 heavy (non-hydrogen) atoms. The standard InChI is InChI=1S/C15H30N2O2/c1-3-14-10-19-12(2)9-17(14)8-6-13-5-4-7-15(13,16)11-18/h12-14,18H,3-11,16H2,1-2H3. The van der Waals surface area contributed by atoms with Crippen molar-refractivity contribution < 1.29 is 9.84 Å². The topological polar surface area (TPSA) is 58.7 Å². The summed E-state index contributed by atoms with van der Waals surface area (Å²) in [6.07, 6.45) is 5.91. The lowest BCUT2D eigenvalue weighted by Crippen LogP contribution is -2.51. The summed E-state index contributed by atoms with van der Waals surface area (Å²) >= 11 is 0. The molecule has 0 amide bonds. The van der Waals surface area contributed by atoms with E-state index in [-0.39, 0.29) is 12.1 Å². The molecule has 1 saturated heterocycles. The Kier molecular flexibility index (Phi) is 5.23. The highest BCUT2D eigenvalue weighted by Gasteiger charge is 2.39. The highest BCUT2D eigenvalue weighted by Crippen LogP contribution is 2.36. The van der Waals surface area contributed by atoms with Crippen molar-refractivity contribution in [2.24, 2.45) is 11.7 Å². The Bertz CT molecular complexity index is 287. The maximum absolute atomic E-state index is 9.51. The van der Waals surface area contributed by atoms with Crippen LogP contribution in [0.5, 0.6) is 0 Å². The number of nitrogens with zero attached hydrogens (tertiary/aromatic N) is 1. The fraction of sp³-hybridized carbons (Fsp3) is 1.00. The van der Waals surface area contributed by atoms with E-state index in [4.69, 9.17) is 10.5 Å². The minimum Gasteiger partial charge on any atom is -0.394 e. The summed E-state index contributed by atoms with van der Waals surface area (Å²) in [5.74, 6) is 0.480. The van der Waals surface area contributed by atoms with Crippen LogP contribution in [0.3, 0.4) is 0 Å². The molecule has 2 rings (SSSR count). The maximum atomic E-state index is 9.51. The van der Waals surface area contributed by atoms with Crippen molar-refractivity contribution in [3.8, 4) is 0 Å². The van der Waals surface area contributed by atoms with Gasteiger partial charge in [0, 0.05) is 18.1 Å². The van der Waals surface area contributed by atoms with Gasteiger partial charge in [-0.2, -0.15) is 0 Å². The van der Waals surface area contributed by atoms with Crippen molar-refractivity contribution >= 4 is 0 Å². The molecule has 4 atom stereocenters. The lowest BCUT2D eigenvalue weighted by Gasteiger charge is -2.39. The Balaban J connectivity index is 1.86. The molecule has 3 N–H and O–H groups in total. The molecule has 112 valence electrons. The molecular formula is C15H30N2O2. The van der Waals surface area contributed by atoms with Gasteiger partial charge in [-0.05, 0) is 45.1 Å². The minimum atomic E-state index is -0.320. The molecule has 0 spiro atoms. The van der Waals surface area contributed by atoms with Gasteiger partial charge in [0.25, 0.3) is 0 Å². The van der Waals surface area contributed by atoms with Crippen LogP contribution in [0.1, 0.15) is 46.0 Å². The Morgan fingerprint density at radius 3 is 2.95 bits per heavy atom. The summed E-state index contributed by atoms with van der Waals surface area (Å²) in [7, 11) is 0. The number of hydrogen-bond acceptors (Lipinski definition) is 4. The van der Waals surface area contributed by atoms with Gasteiger partial charge in [0.05, 0.1) is 19.3 Å². The van der Waals surface area contributed by atoms with Gasteiger partial charge in [-0.25, -0.2) is 0 Å². The predicted octanol–water partition coefficient (Wildman–Crippen LogP) is 1.37. The molecular weight excluding hydrogens is 240 g/mol. The van der Waals surface area contributed by atoms with Crippen LogP contribution in [-0.4, -0.2) is 54.0 Å². The average molecular weight is 270 g/mol. The van der Waals surface area contributed by atoms with Crippen LogP contribution in [0.15, 0.2) is 0 Å². The molecule has 0 bridgehead atoms. The first kappa shape index (κ1) is 15.2. The number of ether oxygens (including phenoxy) is 1. The van der Waals surface area contributed by atoms with E-state index in [9.17, 15) is 5.11 Å². The first-order chi connectivity index (χ1) is 9.09. The van der Waals surface area contributed by atoms with Crippen molar-refractivity contribution in [3.63, 3.8) is 0 Å². The molecule has 0 aromatic carbocycles. The third kappa shape index (κ3) is 3.48. The first-order valence-corrected chi connectivity index (χ1v) is 7.84. The number of aliphatic hydroxyl groups excluding tert-OH is 1.